The fourth-order valence-electron chi connectivity index (χ4n) is 1.74. The smallest absolute Gasteiger partial charge is 0.377 e. The number of anilines is 1. The van der Waals surface area contributed by atoms with Crippen LogP contribution in [0.15, 0.2) is 38.6 Å². The Balaban J connectivity index is 2.29. The first-order chi connectivity index (χ1) is 9.27. The monoisotopic (exact) mass is 427 g/mol. The number of benzene rings is 1. The van der Waals surface area contributed by atoms with Crippen LogP contribution in [0, 0.1) is 0 Å². The molecule has 7 heteroatoms. The second-order valence-corrected chi connectivity index (χ2v) is 7.61. The molecule has 2 rings (SSSR count). The van der Waals surface area contributed by atoms with E-state index < -0.39 is 11.7 Å². The summed E-state index contributed by atoms with van der Waals surface area (Å²) in [6.45, 7) is 1.83. The summed E-state index contributed by atoms with van der Waals surface area (Å²) in [4.78, 5) is 0.966. The second kappa shape index (κ2) is 6.07. The highest BCUT2D eigenvalue weighted by Gasteiger charge is 2.34. The molecule has 0 saturated heterocycles. The third-order valence-electron chi connectivity index (χ3n) is 2.68. The predicted molar refractivity (Wildman–Crippen MR) is 83.2 cm³/mol. The zero-order valence-electron chi connectivity index (χ0n) is 10.3. The number of halogens is 5. The minimum atomic E-state index is -4.39. The summed E-state index contributed by atoms with van der Waals surface area (Å²) >= 11 is 7.91. The molecule has 1 atom stereocenters. The lowest BCUT2D eigenvalue weighted by Gasteiger charge is -2.19. The Morgan fingerprint density at radius 1 is 1.15 bits per heavy atom. The van der Waals surface area contributed by atoms with Crippen molar-refractivity contribution >= 4 is 48.9 Å². The zero-order valence-corrected chi connectivity index (χ0v) is 14.3. The van der Waals surface area contributed by atoms with Gasteiger partial charge in [-0.15, -0.1) is 11.3 Å². The van der Waals surface area contributed by atoms with Gasteiger partial charge < -0.3 is 5.32 Å². The molecule has 0 bridgehead atoms. The maximum Gasteiger partial charge on any atom is 0.418 e. The number of nitrogens with one attached hydrogen (secondary N) is 1. The van der Waals surface area contributed by atoms with Crippen LogP contribution in [0.1, 0.15) is 23.4 Å². The van der Waals surface area contributed by atoms with Crippen molar-refractivity contribution in [2.45, 2.75) is 19.1 Å². The standard InChI is InChI=1S/C13H10Br2F3NS/c1-7(11-4-5-12(15)20-11)19-10-3-2-8(14)6-9(10)13(16,17)18/h2-7,19H,1H3. The number of rotatable bonds is 3. The van der Waals surface area contributed by atoms with Crippen molar-refractivity contribution in [1.82, 2.24) is 0 Å². The van der Waals surface area contributed by atoms with E-state index in [9.17, 15) is 13.2 Å². The molecule has 2 aromatic rings. The van der Waals surface area contributed by atoms with E-state index in [-0.39, 0.29) is 11.7 Å². The van der Waals surface area contributed by atoms with E-state index in [0.717, 1.165) is 14.7 Å². The lowest BCUT2D eigenvalue weighted by Crippen LogP contribution is -2.13. The lowest BCUT2D eigenvalue weighted by atomic mass is 10.1. The van der Waals surface area contributed by atoms with Gasteiger partial charge in [0.25, 0.3) is 0 Å². The minimum absolute atomic E-state index is 0.0812. The van der Waals surface area contributed by atoms with Gasteiger partial charge in [-0.25, -0.2) is 0 Å². The Morgan fingerprint density at radius 2 is 1.85 bits per heavy atom. The molecule has 1 N–H and O–H groups in total. The molecule has 0 aliphatic rings. The van der Waals surface area contributed by atoms with Crippen molar-refractivity contribution in [2.24, 2.45) is 0 Å². The summed E-state index contributed by atoms with van der Waals surface area (Å²) in [5.74, 6) is 0. The van der Waals surface area contributed by atoms with Gasteiger partial charge in [-0.2, -0.15) is 13.2 Å². The minimum Gasteiger partial charge on any atom is -0.377 e. The first-order valence-electron chi connectivity index (χ1n) is 5.66. The van der Waals surface area contributed by atoms with Crippen LogP contribution in [0.5, 0.6) is 0 Å². The highest BCUT2D eigenvalue weighted by molar-refractivity contribution is 9.11. The van der Waals surface area contributed by atoms with E-state index >= 15 is 0 Å². The van der Waals surface area contributed by atoms with Crippen LogP contribution in [0.3, 0.4) is 0 Å². The fourth-order valence-corrected chi connectivity index (χ4v) is 3.53. The Morgan fingerprint density at radius 3 is 2.40 bits per heavy atom. The van der Waals surface area contributed by atoms with Crippen LogP contribution in [0.4, 0.5) is 18.9 Å². The van der Waals surface area contributed by atoms with Crippen molar-refractivity contribution in [2.75, 3.05) is 5.32 Å². The maximum atomic E-state index is 13.0. The molecule has 0 amide bonds. The molecular weight excluding hydrogens is 419 g/mol. The van der Waals surface area contributed by atoms with Crippen molar-refractivity contribution in [3.05, 3.63) is 49.0 Å². The van der Waals surface area contributed by atoms with Gasteiger partial charge in [0.2, 0.25) is 0 Å². The van der Waals surface area contributed by atoms with E-state index in [0.29, 0.717) is 4.47 Å². The topological polar surface area (TPSA) is 12.0 Å². The normalized spacial score (nSPS) is 13.3. The molecule has 0 saturated carbocycles. The van der Waals surface area contributed by atoms with E-state index in [1.54, 1.807) is 6.07 Å². The number of thiophene rings is 1. The number of hydrogen-bond donors (Lipinski definition) is 1. The average molecular weight is 429 g/mol. The third-order valence-corrected chi connectivity index (χ3v) is 4.98. The molecule has 1 aromatic heterocycles. The quantitative estimate of drug-likeness (QED) is 0.591. The highest BCUT2D eigenvalue weighted by atomic mass is 79.9. The summed E-state index contributed by atoms with van der Waals surface area (Å²) in [6, 6.07) is 7.68. The van der Waals surface area contributed by atoms with Gasteiger partial charge in [0.1, 0.15) is 0 Å². The van der Waals surface area contributed by atoms with Crippen LogP contribution in [-0.4, -0.2) is 0 Å². The summed E-state index contributed by atoms with van der Waals surface area (Å²) < 4.78 is 40.4. The Kier molecular flexibility index (Phi) is 4.81. The number of alkyl halides is 3. The molecular formula is C13H10Br2F3NS. The molecule has 108 valence electrons. The summed E-state index contributed by atoms with van der Waals surface area (Å²) in [7, 11) is 0. The molecule has 1 heterocycles. The predicted octanol–water partition coefficient (Wildman–Crippen LogP) is 6.47. The summed E-state index contributed by atoms with van der Waals surface area (Å²) in [5.41, 5.74) is -0.591. The van der Waals surface area contributed by atoms with Gasteiger partial charge in [-0.3, -0.25) is 0 Å². The largest absolute Gasteiger partial charge is 0.418 e. The Bertz CT molecular complexity index is 610. The van der Waals surface area contributed by atoms with E-state index in [2.05, 4.69) is 37.2 Å². The van der Waals surface area contributed by atoms with Gasteiger partial charge in [0.15, 0.2) is 0 Å². The third kappa shape index (κ3) is 3.77. The summed E-state index contributed by atoms with van der Waals surface area (Å²) in [5, 5.41) is 2.92. The summed E-state index contributed by atoms with van der Waals surface area (Å²) in [6.07, 6.45) is -4.39. The van der Waals surface area contributed by atoms with Gasteiger partial charge in [0, 0.05) is 15.0 Å². The highest BCUT2D eigenvalue weighted by Crippen LogP contribution is 2.38. The van der Waals surface area contributed by atoms with Crippen LogP contribution >= 0.6 is 43.2 Å². The molecule has 0 radical (unpaired) electrons. The maximum absolute atomic E-state index is 13.0. The SMILES string of the molecule is CC(Nc1ccc(Br)cc1C(F)(F)F)c1ccc(Br)s1. The molecule has 20 heavy (non-hydrogen) atoms. The van der Waals surface area contributed by atoms with Crippen molar-refractivity contribution in [1.29, 1.82) is 0 Å². The van der Waals surface area contributed by atoms with Crippen LogP contribution in [-0.2, 0) is 6.18 Å². The Hall–Kier alpha value is -0.530. The van der Waals surface area contributed by atoms with E-state index in [4.69, 9.17) is 0 Å². The molecule has 0 spiro atoms. The second-order valence-electron chi connectivity index (χ2n) is 4.20. The van der Waals surface area contributed by atoms with Gasteiger partial charge in [0.05, 0.1) is 15.4 Å². The molecule has 1 unspecified atom stereocenters. The van der Waals surface area contributed by atoms with Crippen LogP contribution < -0.4 is 5.32 Å². The van der Waals surface area contributed by atoms with Gasteiger partial charge in [-0.05, 0) is 53.2 Å². The first-order valence-corrected chi connectivity index (χ1v) is 8.06. The molecule has 0 fully saturated rings. The molecule has 0 aliphatic heterocycles. The molecule has 1 nitrogen and oxygen atoms in total. The van der Waals surface area contributed by atoms with Gasteiger partial charge in [-0.1, -0.05) is 15.9 Å². The number of hydrogen-bond acceptors (Lipinski definition) is 2. The van der Waals surface area contributed by atoms with Crippen molar-refractivity contribution in [3.63, 3.8) is 0 Å². The van der Waals surface area contributed by atoms with Crippen molar-refractivity contribution < 1.29 is 13.2 Å². The van der Waals surface area contributed by atoms with E-state index in [1.807, 2.05) is 19.1 Å². The fraction of sp³-hybridized carbons (Fsp3) is 0.231. The zero-order chi connectivity index (χ0) is 14.9. The lowest BCUT2D eigenvalue weighted by molar-refractivity contribution is -0.137. The van der Waals surface area contributed by atoms with E-state index in [1.165, 1.54) is 17.4 Å². The Labute approximate surface area is 135 Å². The first kappa shape index (κ1) is 15.9. The average Bonchev–Trinajstić information content (AvgIpc) is 2.77. The van der Waals surface area contributed by atoms with Crippen molar-refractivity contribution in [3.8, 4) is 0 Å². The van der Waals surface area contributed by atoms with Gasteiger partial charge >= 0.3 is 6.18 Å². The molecule has 1 aromatic carbocycles. The van der Waals surface area contributed by atoms with Crippen LogP contribution in [0.2, 0.25) is 0 Å². The van der Waals surface area contributed by atoms with Crippen LogP contribution in [0.25, 0.3) is 0 Å². The molecule has 0 aliphatic carbocycles.